The highest BCUT2D eigenvalue weighted by molar-refractivity contribution is 5.96. The summed E-state index contributed by atoms with van der Waals surface area (Å²) in [6.45, 7) is 2.32. The van der Waals surface area contributed by atoms with Crippen LogP contribution in [0.2, 0.25) is 0 Å². The van der Waals surface area contributed by atoms with Crippen molar-refractivity contribution in [3.63, 3.8) is 0 Å². The van der Waals surface area contributed by atoms with Gasteiger partial charge in [0.1, 0.15) is 11.6 Å². The molecule has 0 unspecified atom stereocenters. The third kappa shape index (κ3) is 2.42. The minimum Gasteiger partial charge on any atom is -0.329 e. The summed E-state index contributed by atoms with van der Waals surface area (Å²) in [6, 6.07) is 3.71. The summed E-state index contributed by atoms with van der Waals surface area (Å²) in [6.07, 6.45) is 8.06. The lowest BCUT2D eigenvalue weighted by Gasteiger charge is -2.39. The Morgan fingerprint density at radius 1 is 1.43 bits per heavy atom. The van der Waals surface area contributed by atoms with E-state index >= 15 is 0 Å². The number of hydrogen-bond acceptors (Lipinski definition) is 4. The predicted molar refractivity (Wildman–Crippen MR) is 80.1 cm³/mol. The number of nitrogens with one attached hydrogen (secondary N) is 1. The second kappa shape index (κ2) is 5.29. The Labute approximate surface area is 123 Å². The van der Waals surface area contributed by atoms with Crippen molar-refractivity contribution >= 4 is 11.6 Å². The SMILES string of the molecule is Cc1nccn1-c1ccc(NC(=O)C2(CN)CCC2)cn1. The fourth-order valence-electron chi connectivity index (χ4n) is 2.61. The molecule has 0 spiro atoms. The number of aromatic nitrogens is 3. The molecule has 1 amide bonds. The maximum absolute atomic E-state index is 12.3. The molecular formula is C15H19N5O. The van der Waals surface area contributed by atoms with Crippen molar-refractivity contribution in [1.82, 2.24) is 14.5 Å². The molecular weight excluding hydrogens is 266 g/mol. The Morgan fingerprint density at radius 3 is 2.71 bits per heavy atom. The molecule has 0 aliphatic heterocycles. The van der Waals surface area contributed by atoms with Gasteiger partial charge in [-0.2, -0.15) is 0 Å². The van der Waals surface area contributed by atoms with Crippen LogP contribution in [0.4, 0.5) is 5.69 Å². The van der Waals surface area contributed by atoms with Crippen LogP contribution in [0.3, 0.4) is 0 Å². The lowest BCUT2D eigenvalue weighted by Crippen LogP contribution is -2.47. The molecule has 3 rings (SSSR count). The highest BCUT2D eigenvalue weighted by Crippen LogP contribution is 2.40. The summed E-state index contributed by atoms with van der Waals surface area (Å²) in [7, 11) is 0. The molecule has 1 fully saturated rings. The molecule has 2 aromatic rings. The zero-order chi connectivity index (χ0) is 14.9. The van der Waals surface area contributed by atoms with Gasteiger partial charge in [0.15, 0.2) is 0 Å². The van der Waals surface area contributed by atoms with Gasteiger partial charge < -0.3 is 11.1 Å². The van der Waals surface area contributed by atoms with Crippen LogP contribution in [0, 0.1) is 12.3 Å². The predicted octanol–water partition coefficient (Wildman–Crippen LogP) is 1.64. The molecule has 6 heteroatoms. The number of carbonyl (C=O) groups excluding carboxylic acids is 1. The second-order valence-corrected chi connectivity index (χ2v) is 5.54. The Kier molecular flexibility index (Phi) is 3.47. The van der Waals surface area contributed by atoms with E-state index in [4.69, 9.17) is 5.73 Å². The van der Waals surface area contributed by atoms with Crippen molar-refractivity contribution in [2.75, 3.05) is 11.9 Å². The average molecular weight is 285 g/mol. The maximum atomic E-state index is 12.3. The first-order chi connectivity index (χ1) is 10.1. The molecule has 2 aromatic heterocycles. The number of nitrogens with zero attached hydrogens (tertiary/aromatic N) is 3. The minimum absolute atomic E-state index is 0.00427. The van der Waals surface area contributed by atoms with Gasteiger partial charge in [-0.15, -0.1) is 0 Å². The van der Waals surface area contributed by atoms with Crippen LogP contribution in [0.5, 0.6) is 0 Å². The topological polar surface area (TPSA) is 85.8 Å². The number of rotatable bonds is 4. The first kappa shape index (κ1) is 13.8. The summed E-state index contributed by atoms with van der Waals surface area (Å²) in [5, 5.41) is 2.92. The van der Waals surface area contributed by atoms with Gasteiger partial charge in [0.2, 0.25) is 5.91 Å². The monoisotopic (exact) mass is 285 g/mol. The van der Waals surface area contributed by atoms with Crippen molar-refractivity contribution < 1.29 is 4.79 Å². The van der Waals surface area contributed by atoms with E-state index in [2.05, 4.69) is 15.3 Å². The van der Waals surface area contributed by atoms with Gasteiger partial charge in [-0.1, -0.05) is 6.42 Å². The molecule has 0 aromatic carbocycles. The fourth-order valence-corrected chi connectivity index (χ4v) is 2.61. The summed E-state index contributed by atoms with van der Waals surface area (Å²) < 4.78 is 1.89. The van der Waals surface area contributed by atoms with Crippen molar-refractivity contribution in [3.8, 4) is 5.82 Å². The normalized spacial score (nSPS) is 16.3. The molecule has 21 heavy (non-hydrogen) atoms. The van der Waals surface area contributed by atoms with E-state index in [9.17, 15) is 4.79 Å². The van der Waals surface area contributed by atoms with Crippen molar-refractivity contribution in [3.05, 3.63) is 36.5 Å². The van der Waals surface area contributed by atoms with E-state index in [1.165, 1.54) is 0 Å². The standard InChI is InChI=1S/C15H19N5O/c1-11-17-7-8-20(11)13-4-3-12(9-18-13)19-14(21)15(10-16)5-2-6-15/h3-4,7-9H,2,5-6,10,16H2,1H3,(H,19,21). The van der Waals surface area contributed by atoms with E-state index in [0.29, 0.717) is 12.2 Å². The van der Waals surface area contributed by atoms with Crippen LogP contribution >= 0.6 is 0 Å². The first-order valence-electron chi connectivity index (χ1n) is 7.12. The van der Waals surface area contributed by atoms with Gasteiger partial charge in [-0.05, 0) is 31.9 Å². The molecule has 1 aliphatic carbocycles. The Bertz CT molecular complexity index is 637. The number of amides is 1. The Hall–Kier alpha value is -2.21. The number of carbonyl (C=O) groups is 1. The molecule has 0 radical (unpaired) electrons. The van der Waals surface area contributed by atoms with Gasteiger partial charge in [0.25, 0.3) is 0 Å². The lowest BCUT2D eigenvalue weighted by molar-refractivity contribution is -0.129. The van der Waals surface area contributed by atoms with Gasteiger partial charge in [0, 0.05) is 18.9 Å². The molecule has 110 valence electrons. The van der Waals surface area contributed by atoms with Gasteiger partial charge in [-0.3, -0.25) is 9.36 Å². The fraction of sp³-hybridized carbons (Fsp3) is 0.400. The first-order valence-corrected chi connectivity index (χ1v) is 7.12. The van der Waals surface area contributed by atoms with E-state index in [0.717, 1.165) is 30.9 Å². The van der Waals surface area contributed by atoms with Crippen LogP contribution in [0.15, 0.2) is 30.7 Å². The van der Waals surface area contributed by atoms with E-state index in [1.54, 1.807) is 12.4 Å². The van der Waals surface area contributed by atoms with E-state index < -0.39 is 0 Å². The third-order valence-electron chi connectivity index (χ3n) is 4.26. The maximum Gasteiger partial charge on any atom is 0.231 e. The zero-order valence-electron chi connectivity index (χ0n) is 12.0. The molecule has 0 bridgehead atoms. The van der Waals surface area contributed by atoms with Crippen LogP contribution in [-0.4, -0.2) is 27.0 Å². The molecule has 6 nitrogen and oxygen atoms in total. The molecule has 2 heterocycles. The summed E-state index contributed by atoms with van der Waals surface area (Å²) in [5.74, 6) is 1.65. The Balaban J connectivity index is 1.73. The number of imidazole rings is 1. The largest absolute Gasteiger partial charge is 0.329 e. The van der Waals surface area contributed by atoms with Crippen LogP contribution in [0.25, 0.3) is 5.82 Å². The number of hydrogen-bond donors (Lipinski definition) is 2. The molecule has 1 saturated carbocycles. The van der Waals surface area contributed by atoms with Crippen molar-refractivity contribution in [2.45, 2.75) is 26.2 Å². The molecule has 0 atom stereocenters. The summed E-state index contributed by atoms with van der Waals surface area (Å²) in [5.41, 5.74) is 6.06. The molecule has 0 saturated heterocycles. The van der Waals surface area contributed by atoms with Crippen molar-refractivity contribution in [1.29, 1.82) is 0 Å². The highest BCUT2D eigenvalue weighted by Gasteiger charge is 2.42. The summed E-state index contributed by atoms with van der Waals surface area (Å²) >= 11 is 0. The number of nitrogens with two attached hydrogens (primary N) is 1. The quantitative estimate of drug-likeness (QED) is 0.894. The van der Waals surface area contributed by atoms with Crippen LogP contribution in [0.1, 0.15) is 25.1 Å². The smallest absolute Gasteiger partial charge is 0.231 e. The third-order valence-corrected chi connectivity index (χ3v) is 4.26. The van der Waals surface area contributed by atoms with Crippen LogP contribution in [-0.2, 0) is 4.79 Å². The van der Waals surface area contributed by atoms with Crippen LogP contribution < -0.4 is 11.1 Å². The van der Waals surface area contributed by atoms with Crippen molar-refractivity contribution in [2.24, 2.45) is 11.1 Å². The van der Waals surface area contributed by atoms with Gasteiger partial charge in [-0.25, -0.2) is 9.97 Å². The Morgan fingerprint density at radius 2 is 2.24 bits per heavy atom. The van der Waals surface area contributed by atoms with Gasteiger partial charge in [0.05, 0.1) is 17.3 Å². The average Bonchev–Trinajstić information content (AvgIpc) is 2.85. The van der Waals surface area contributed by atoms with E-state index in [1.807, 2.05) is 29.8 Å². The number of aryl methyl sites for hydroxylation is 1. The lowest BCUT2D eigenvalue weighted by atomic mass is 9.68. The van der Waals surface area contributed by atoms with E-state index in [-0.39, 0.29) is 11.3 Å². The zero-order valence-corrected chi connectivity index (χ0v) is 12.0. The van der Waals surface area contributed by atoms with Gasteiger partial charge >= 0.3 is 0 Å². The molecule has 3 N–H and O–H groups in total. The second-order valence-electron chi connectivity index (χ2n) is 5.54. The minimum atomic E-state index is -0.375. The highest BCUT2D eigenvalue weighted by atomic mass is 16.2. The molecule has 1 aliphatic rings. The summed E-state index contributed by atoms with van der Waals surface area (Å²) in [4.78, 5) is 20.8. The number of anilines is 1. The number of pyridine rings is 1.